The second-order valence-electron chi connectivity index (χ2n) is 5.73. The van der Waals surface area contributed by atoms with Crippen molar-refractivity contribution < 1.29 is 14.8 Å². The molecular formula is C19H17N3O4. The van der Waals surface area contributed by atoms with Gasteiger partial charge >= 0.3 is 0 Å². The molecule has 3 rings (SSSR count). The third-order valence-electron chi connectivity index (χ3n) is 4.19. The number of hydrogen-bond donors (Lipinski definition) is 2. The summed E-state index contributed by atoms with van der Waals surface area (Å²) >= 11 is 0. The third kappa shape index (κ3) is 3.07. The zero-order chi connectivity index (χ0) is 18.7. The van der Waals surface area contributed by atoms with E-state index in [9.17, 15) is 15.2 Å². The van der Waals surface area contributed by atoms with E-state index in [1.54, 1.807) is 36.4 Å². The van der Waals surface area contributed by atoms with Gasteiger partial charge < -0.3 is 15.6 Å². The van der Waals surface area contributed by atoms with Crippen LogP contribution in [0.25, 0.3) is 0 Å². The maximum absolute atomic E-state index is 11.6. The highest BCUT2D eigenvalue weighted by atomic mass is 16.6. The number of aromatic nitrogens is 1. The lowest BCUT2D eigenvalue weighted by molar-refractivity contribution is -0.384. The Morgan fingerprint density at radius 1 is 1.00 bits per heavy atom. The van der Waals surface area contributed by atoms with Crippen molar-refractivity contribution in [1.82, 2.24) is 4.98 Å². The fourth-order valence-corrected chi connectivity index (χ4v) is 2.76. The number of nitrogens with two attached hydrogens (primary N) is 1. The van der Waals surface area contributed by atoms with Gasteiger partial charge in [-0.05, 0) is 41.5 Å². The maximum atomic E-state index is 11.6. The number of non-ortho nitro benzene ring substituents is 1. The molecule has 7 nitrogen and oxygen atoms in total. The zero-order valence-corrected chi connectivity index (χ0v) is 14.0. The monoisotopic (exact) mass is 351 g/mol. The van der Waals surface area contributed by atoms with Crippen molar-refractivity contribution in [2.45, 2.75) is 5.60 Å². The summed E-state index contributed by atoms with van der Waals surface area (Å²) in [7, 11) is 1.50. The van der Waals surface area contributed by atoms with Crippen LogP contribution in [0.4, 0.5) is 11.4 Å². The van der Waals surface area contributed by atoms with E-state index in [4.69, 9.17) is 10.5 Å². The highest BCUT2D eigenvalue weighted by Gasteiger charge is 2.34. The second-order valence-corrected chi connectivity index (χ2v) is 5.73. The van der Waals surface area contributed by atoms with E-state index < -0.39 is 10.5 Å². The smallest absolute Gasteiger partial charge is 0.269 e. The number of nitrogens with zero attached hydrogens (tertiary/aromatic N) is 2. The van der Waals surface area contributed by atoms with Gasteiger partial charge in [0.15, 0.2) is 0 Å². The van der Waals surface area contributed by atoms with E-state index in [2.05, 4.69) is 4.98 Å². The van der Waals surface area contributed by atoms with E-state index in [1.165, 1.54) is 37.6 Å². The summed E-state index contributed by atoms with van der Waals surface area (Å²) in [6.45, 7) is 0. The van der Waals surface area contributed by atoms with Crippen LogP contribution in [0, 0.1) is 10.1 Å². The van der Waals surface area contributed by atoms with E-state index in [1.807, 2.05) is 0 Å². The fourth-order valence-electron chi connectivity index (χ4n) is 2.76. The van der Waals surface area contributed by atoms with Crippen molar-refractivity contribution in [3.8, 4) is 5.88 Å². The van der Waals surface area contributed by atoms with Crippen molar-refractivity contribution >= 4 is 11.4 Å². The molecule has 3 aromatic rings. The summed E-state index contributed by atoms with van der Waals surface area (Å²) < 4.78 is 5.07. The lowest BCUT2D eigenvalue weighted by atomic mass is 9.81. The van der Waals surface area contributed by atoms with Gasteiger partial charge in [0.25, 0.3) is 5.69 Å². The van der Waals surface area contributed by atoms with E-state index in [-0.39, 0.29) is 5.69 Å². The number of methoxy groups -OCH3 is 1. The molecule has 0 fully saturated rings. The molecule has 1 aromatic heterocycles. The van der Waals surface area contributed by atoms with E-state index >= 15 is 0 Å². The number of ether oxygens (including phenoxy) is 1. The summed E-state index contributed by atoms with van der Waals surface area (Å²) in [4.78, 5) is 14.6. The second kappa shape index (κ2) is 6.81. The van der Waals surface area contributed by atoms with Gasteiger partial charge in [-0.3, -0.25) is 10.1 Å². The highest BCUT2D eigenvalue weighted by Crippen LogP contribution is 2.37. The number of aliphatic hydroxyl groups is 1. The largest absolute Gasteiger partial charge is 0.481 e. The van der Waals surface area contributed by atoms with Crippen molar-refractivity contribution in [3.05, 3.63) is 93.7 Å². The molecule has 0 amide bonds. The van der Waals surface area contributed by atoms with Crippen LogP contribution >= 0.6 is 0 Å². The molecule has 0 aliphatic heterocycles. The van der Waals surface area contributed by atoms with Crippen LogP contribution in [-0.2, 0) is 5.60 Å². The molecule has 7 heteroatoms. The molecule has 0 saturated carbocycles. The number of benzene rings is 2. The van der Waals surface area contributed by atoms with Crippen LogP contribution in [0.2, 0.25) is 0 Å². The average Bonchev–Trinajstić information content (AvgIpc) is 2.68. The Morgan fingerprint density at radius 2 is 1.54 bits per heavy atom. The number of hydrogen-bond acceptors (Lipinski definition) is 6. The molecule has 26 heavy (non-hydrogen) atoms. The number of nitro benzene ring substituents is 1. The van der Waals surface area contributed by atoms with Gasteiger partial charge in [0.05, 0.1) is 12.0 Å². The quantitative estimate of drug-likeness (QED) is 0.415. The Labute approximate surface area is 149 Å². The molecule has 0 bridgehead atoms. The SMILES string of the molecule is COc1ccc(C(O)(c2ccc(N)cc2)c2ccc([N+](=O)[O-])cc2)cn1. The molecule has 0 aliphatic carbocycles. The number of rotatable bonds is 5. The first-order chi connectivity index (χ1) is 12.4. The van der Waals surface area contributed by atoms with Crippen LogP contribution < -0.4 is 10.5 Å². The Kier molecular flexibility index (Phi) is 4.55. The topological polar surface area (TPSA) is 112 Å². The maximum Gasteiger partial charge on any atom is 0.269 e. The summed E-state index contributed by atoms with van der Waals surface area (Å²) in [6.07, 6.45) is 1.51. The molecule has 3 N–H and O–H groups in total. The first-order valence-corrected chi connectivity index (χ1v) is 7.79. The summed E-state index contributed by atoms with van der Waals surface area (Å²) in [5, 5.41) is 22.5. The van der Waals surface area contributed by atoms with Gasteiger partial charge in [-0.1, -0.05) is 12.1 Å². The van der Waals surface area contributed by atoms with Crippen LogP contribution in [0.5, 0.6) is 5.88 Å². The van der Waals surface area contributed by atoms with Gasteiger partial charge in [-0.15, -0.1) is 0 Å². The van der Waals surface area contributed by atoms with Gasteiger partial charge in [-0.2, -0.15) is 0 Å². The van der Waals surface area contributed by atoms with Crippen molar-refractivity contribution in [3.63, 3.8) is 0 Å². The third-order valence-corrected chi connectivity index (χ3v) is 4.19. The molecule has 0 aliphatic rings. The standard InChI is InChI=1S/C19H17N3O4/c1-26-18-11-6-15(12-21-18)19(23,13-2-7-16(20)8-3-13)14-4-9-17(10-5-14)22(24)25/h2-12,23H,20H2,1H3. The fraction of sp³-hybridized carbons (Fsp3) is 0.105. The molecule has 0 saturated heterocycles. The minimum atomic E-state index is -1.55. The molecule has 1 atom stereocenters. The number of nitrogen functional groups attached to an aromatic ring is 1. The highest BCUT2D eigenvalue weighted by molar-refractivity contribution is 5.51. The molecular weight excluding hydrogens is 334 g/mol. The summed E-state index contributed by atoms with van der Waals surface area (Å²) in [5.74, 6) is 0.414. The molecule has 0 radical (unpaired) electrons. The predicted octanol–water partition coefficient (Wildman–Crippen LogP) is 2.86. The molecule has 1 heterocycles. The number of pyridine rings is 1. The summed E-state index contributed by atoms with van der Waals surface area (Å²) in [5.41, 5.74) is 6.24. The molecule has 132 valence electrons. The van der Waals surface area contributed by atoms with Crippen LogP contribution in [0.15, 0.2) is 66.9 Å². The minimum Gasteiger partial charge on any atom is -0.481 e. The number of anilines is 1. The average molecular weight is 351 g/mol. The molecule has 1 unspecified atom stereocenters. The minimum absolute atomic E-state index is 0.0544. The normalized spacial score (nSPS) is 13.0. The van der Waals surface area contributed by atoms with Crippen molar-refractivity contribution in [2.24, 2.45) is 0 Å². The van der Waals surface area contributed by atoms with Crippen LogP contribution in [-0.4, -0.2) is 22.1 Å². The van der Waals surface area contributed by atoms with E-state index in [0.29, 0.717) is 28.3 Å². The molecule has 0 spiro atoms. The Balaban J connectivity index is 2.17. The van der Waals surface area contributed by atoms with Gasteiger partial charge in [0, 0.05) is 35.6 Å². The molecule has 2 aromatic carbocycles. The Hall–Kier alpha value is -3.45. The predicted molar refractivity (Wildman–Crippen MR) is 96.8 cm³/mol. The Bertz CT molecular complexity index is 909. The Morgan fingerprint density at radius 3 is 2.00 bits per heavy atom. The van der Waals surface area contributed by atoms with Gasteiger partial charge in [0.1, 0.15) is 5.60 Å². The van der Waals surface area contributed by atoms with Crippen LogP contribution in [0.3, 0.4) is 0 Å². The first kappa shape index (κ1) is 17.4. The lowest BCUT2D eigenvalue weighted by Crippen LogP contribution is -2.29. The van der Waals surface area contributed by atoms with Crippen molar-refractivity contribution in [2.75, 3.05) is 12.8 Å². The number of nitro groups is 1. The van der Waals surface area contributed by atoms with Crippen molar-refractivity contribution in [1.29, 1.82) is 0 Å². The van der Waals surface area contributed by atoms with Gasteiger partial charge in [0.2, 0.25) is 5.88 Å². The van der Waals surface area contributed by atoms with E-state index in [0.717, 1.165) is 0 Å². The lowest BCUT2D eigenvalue weighted by Gasteiger charge is -2.30. The van der Waals surface area contributed by atoms with Gasteiger partial charge in [-0.25, -0.2) is 4.98 Å². The van der Waals surface area contributed by atoms with Crippen LogP contribution in [0.1, 0.15) is 16.7 Å². The zero-order valence-electron chi connectivity index (χ0n) is 14.0. The first-order valence-electron chi connectivity index (χ1n) is 7.79. The summed E-state index contributed by atoms with van der Waals surface area (Å²) in [6, 6.07) is 15.9.